The quantitative estimate of drug-likeness (QED) is 0.843. The summed E-state index contributed by atoms with van der Waals surface area (Å²) in [5.41, 5.74) is 5.85. The Balaban J connectivity index is 1.93. The Hall–Kier alpha value is -2.06. The molecule has 104 valence electrons. The number of carbonyl (C=O) groups excluding carboxylic acids is 1. The van der Waals surface area contributed by atoms with Gasteiger partial charge in [-0.05, 0) is 35.3 Å². The zero-order chi connectivity index (χ0) is 14.4. The smallest absolute Gasteiger partial charge is 0.224 e. The van der Waals surface area contributed by atoms with Gasteiger partial charge in [-0.2, -0.15) is 0 Å². The van der Waals surface area contributed by atoms with Gasteiger partial charge in [-0.3, -0.25) is 4.79 Å². The Bertz CT molecular complexity index is 764. The van der Waals surface area contributed by atoms with Crippen LogP contribution in [0.3, 0.4) is 0 Å². The van der Waals surface area contributed by atoms with E-state index in [4.69, 9.17) is 11.6 Å². The largest absolute Gasteiger partial charge is 0.326 e. The van der Waals surface area contributed by atoms with Crippen LogP contribution in [0.5, 0.6) is 0 Å². The van der Waals surface area contributed by atoms with E-state index >= 15 is 0 Å². The topological polar surface area (TPSA) is 29.1 Å². The molecule has 2 aromatic carbocycles. The van der Waals surface area contributed by atoms with E-state index in [-0.39, 0.29) is 11.8 Å². The van der Waals surface area contributed by atoms with Crippen LogP contribution in [-0.2, 0) is 4.79 Å². The van der Waals surface area contributed by atoms with Crippen LogP contribution in [-0.4, -0.2) is 5.91 Å². The monoisotopic (exact) mass is 295 g/mol. The summed E-state index contributed by atoms with van der Waals surface area (Å²) in [5, 5.41) is 3.79. The van der Waals surface area contributed by atoms with Gasteiger partial charge in [-0.15, -0.1) is 0 Å². The van der Waals surface area contributed by atoms with E-state index in [2.05, 4.69) is 29.6 Å². The molecule has 3 heteroatoms. The molecule has 1 amide bonds. The molecular formula is C18H14ClNO. The molecule has 21 heavy (non-hydrogen) atoms. The van der Waals surface area contributed by atoms with E-state index in [1.807, 2.05) is 24.3 Å². The fraction of sp³-hybridized carbons (Fsp3) is 0.167. The maximum absolute atomic E-state index is 11.8. The first-order valence-electron chi connectivity index (χ1n) is 7.11. The third kappa shape index (κ3) is 1.98. The SMILES string of the molecule is O=C1CCC2=C(N1)c1ccc(Cl)cc1C2c1ccccc1. The highest BCUT2D eigenvalue weighted by Gasteiger charge is 2.35. The molecule has 1 unspecified atom stereocenters. The van der Waals surface area contributed by atoms with Crippen LogP contribution in [0.2, 0.25) is 5.02 Å². The second-order valence-corrected chi connectivity index (χ2v) is 5.96. The molecule has 1 aliphatic heterocycles. The molecule has 2 nitrogen and oxygen atoms in total. The minimum absolute atomic E-state index is 0.100. The molecule has 0 saturated heterocycles. The van der Waals surface area contributed by atoms with E-state index in [0.29, 0.717) is 6.42 Å². The lowest BCUT2D eigenvalue weighted by Crippen LogP contribution is -2.26. The molecule has 0 bridgehead atoms. The fourth-order valence-corrected chi connectivity index (χ4v) is 3.58. The molecule has 2 aliphatic rings. The van der Waals surface area contributed by atoms with Crippen molar-refractivity contribution in [1.29, 1.82) is 0 Å². The van der Waals surface area contributed by atoms with Gasteiger partial charge in [0.25, 0.3) is 0 Å². The molecule has 0 radical (unpaired) electrons. The summed E-state index contributed by atoms with van der Waals surface area (Å²) < 4.78 is 0. The van der Waals surface area contributed by atoms with E-state index < -0.39 is 0 Å². The Kier molecular flexibility index (Phi) is 2.86. The highest BCUT2D eigenvalue weighted by molar-refractivity contribution is 6.30. The van der Waals surface area contributed by atoms with Gasteiger partial charge in [0.05, 0.1) is 0 Å². The molecule has 0 fully saturated rings. The third-order valence-corrected chi connectivity index (χ3v) is 4.52. The summed E-state index contributed by atoms with van der Waals surface area (Å²) in [6.45, 7) is 0. The summed E-state index contributed by atoms with van der Waals surface area (Å²) in [5.74, 6) is 0.305. The number of carbonyl (C=O) groups is 1. The second kappa shape index (κ2) is 4.74. The molecular weight excluding hydrogens is 282 g/mol. The van der Waals surface area contributed by atoms with Crippen molar-refractivity contribution in [2.75, 3.05) is 0 Å². The molecule has 1 aliphatic carbocycles. The predicted molar refractivity (Wildman–Crippen MR) is 84.0 cm³/mol. The standard InChI is InChI=1S/C18H14ClNO/c19-12-6-7-13-15(10-12)17(11-4-2-1-3-5-11)14-8-9-16(21)20-18(13)14/h1-7,10,17H,8-9H2,(H,20,21). The van der Waals surface area contributed by atoms with Gasteiger partial charge in [-0.1, -0.05) is 48.0 Å². The van der Waals surface area contributed by atoms with Crippen LogP contribution >= 0.6 is 11.6 Å². The molecule has 0 aromatic heterocycles. The van der Waals surface area contributed by atoms with Crippen LogP contribution in [0.25, 0.3) is 5.70 Å². The first-order chi connectivity index (χ1) is 10.2. The van der Waals surface area contributed by atoms with E-state index in [1.165, 1.54) is 16.7 Å². The number of fused-ring (bicyclic) bond motifs is 2. The number of rotatable bonds is 1. The summed E-state index contributed by atoms with van der Waals surface area (Å²) in [4.78, 5) is 11.8. The van der Waals surface area contributed by atoms with Crippen LogP contribution in [0.15, 0.2) is 54.1 Å². The van der Waals surface area contributed by atoms with Gasteiger partial charge in [0.1, 0.15) is 0 Å². The minimum atomic E-state index is 0.100. The summed E-state index contributed by atoms with van der Waals surface area (Å²) in [6.07, 6.45) is 1.37. The molecule has 2 aromatic rings. The average Bonchev–Trinajstić information content (AvgIpc) is 2.81. The van der Waals surface area contributed by atoms with Crippen molar-refractivity contribution in [2.24, 2.45) is 0 Å². The number of benzene rings is 2. The lowest BCUT2D eigenvalue weighted by Gasteiger charge is -2.20. The number of hydrogen-bond acceptors (Lipinski definition) is 1. The Morgan fingerprint density at radius 1 is 1.05 bits per heavy atom. The molecule has 1 N–H and O–H groups in total. The number of halogens is 1. The van der Waals surface area contributed by atoms with Crippen LogP contribution in [0.1, 0.15) is 35.4 Å². The zero-order valence-electron chi connectivity index (χ0n) is 11.4. The lowest BCUT2D eigenvalue weighted by atomic mass is 9.86. The van der Waals surface area contributed by atoms with Gasteiger partial charge in [0, 0.05) is 28.6 Å². The predicted octanol–water partition coefficient (Wildman–Crippen LogP) is 4.11. The van der Waals surface area contributed by atoms with Gasteiger partial charge >= 0.3 is 0 Å². The lowest BCUT2D eigenvalue weighted by molar-refractivity contribution is -0.120. The molecule has 0 saturated carbocycles. The van der Waals surface area contributed by atoms with Gasteiger partial charge in [-0.25, -0.2) is 0 Å². The van der Waals surface area contributed by atoms with E-state index in [0.717, 1.165) is 22.7 Å². The van der Waals surface area contributed by atoms with Crippen molar-refractivity contribution >= 4 is 23.2 Å². The summed E-state index contributed by atoms with van der Waals surface area (Å²) in [7, 11) is 0. The van der Waals surface area contributed by atoms with Crippen molar-refractivity contribution in [3.8, 4) is 0 Å². The number of allylic oxidation sites excluding steroid dienone is 1. The first kappa shape index (κ1) is 12.7. The van der Waals surface area contributed by atoms with Crippen LogP contribution < -0.4 is 5.32 Å². The molecule has 0 spiro atoms. The highest BCUT2D eigenvalue weighted by Crippen LogP contribution is 2.48. The molecule has 1 atom stereocenters. The number of hydrogen-bond donors (Lipinski definition) is 1. The second-order valence-electron chi connectivity index (χ2n) is 5.52. The number of nitrogens with one attached hydrogen (secondary N) is 1. The van der Waals surface area contributed by atoms with Crippen LogP contribution in [0, 0.1) is 0 Å². The van der Waals surface area contributed by atoms with Crippen LogP contribution in [0.4, 0.5) is 0 Å². The Morgan fingerprint density at radius 3 is 2.67 bits per heavy atom. The average molecular weight is 296 g/mol. The fourth-order valence-electron chi connectivity index (χ4n) is 3.40. The van der Waals surface area contributed by atoms with Crippen molar-refractivity contribution in [2.45, 2.75) is 18.8 Å². The minimum Gasteiger partial charge on any atom is -0.326 e. The zero-order valence-corrected chi connectivity index (χ0v) is 12.2. The highest BCUT2D eigenvalue weighted by atomic mass is 35.5. The van der Waals surface area contributed by atoms with E-state index in [9.17, 15) is 4.79 Å². The maximum atomic E-state index is 11.8. The Labute approximate surface area is 128 Å². The van der Waals surface area contributed by atoms with Crippen molar-refractivity contribution < 1.29 is 4.79 Å². The summed E-state index contributed by atoms with van der Waals surface area (Å²) >= 11 is 6.20. The Morgan fingerprint density at radius 2 is 1.86 bits per heavy atom. The molecule has 4 rings (SSSR count). The van der Waals surface area contributed by atoms with Crippen molar-refractivity contribution in [3.05, 3.63) is 75.8 Å². The van der Waals surface area contributed by atoms with Gasteiger partial charge in [0.15, 0.2) is 0 Å². The third-order valence-electron chi connectivity index (χ3n) is 4.28. The first-order valence-corrected chi connectivity index (χ1v) is 7.49. The normalized spacial score (nSPS) is 20.0. The van der Waals surface area contributed by atoms with Gasteiger partial charge in [0.2, 0.25) is 5.91 Å². The summed E-state index contributed by atoms with van der Waals surface area (Å²) in [6, 6.07) is 16.3. The van der Waals surface area contributed by atoms with Crippen molar-refractivity contribution in [3.63, 3.8) is 0 Å². The number of amides is 1. The van der Waals surface area contributed by atoms with Crippen molar-refractivity contribution in [1.82, 2.24) is 5.32 Å². The van der Waals surface area contributed by atoms with Gasteiger partial charge < -0.3 is 5.32 Å². The molecule has 1 heterocycles. The van der Waals surface area contributed by atoms with E-state index in [1.54, 1.807) is 0 Å². The maximum Gasteiger partial charge on any atom is 0.224 e.